The smallest absolute Gasteiger partial charge is 0.459 e. The van der Waals surface area contributed by atoms with E-state index < -0.39 is 41.2 Å². The molecule has 3 heterocycles. The monoisotopic (exact) mass is 497 g/mol. The number of aromatic nitrogens is 3. The van der Waals surface area contributed by atoms with Crippen molar-refractivity contribution in [2.45, 2.75) is 41.5 Å². The van der Waals surface area contributed by atoms with Crippen molar-refractivity contribution < 1.29 is 28.3 Å². The molecule has 0 radical (unpaired) electrons. The van der Waals surface area contributed by atoms with Crippen LogP contribution < -0.4 is 21.0 Å². The van der Waals surface area contributed by atoms with Crippen molar-refractivity contribution in [3.63, 3.8) is 0 Å². The number of ether oxygens (including phenoxy) is 1. The zero-order valence-corrected chi connectivity index (χ0v) is 19.6. The summed E-state index contributed by atoms with van der Waals surface area (Å²) in [7, 11) is -2.84. The number of methoxy groups -OCH3 is 1. The number of rotatable bonds is 9. The minimum absolute atomic E-state index is 0.130. The molecule has 2 bridgehead atoms. The van der Waals surface area contributed by atoms with E-state index in [9.17, 15) is 19.3 Å². The van der Waals surface area contributed by atoms with Crippen LogP contribution in [0, 0.1) is 0 Å². The highest BCUT2D eigenvalue weighted by Crippen LogP contribution is 2.67. The number of hydrogen-bond donors (Lipinski definition) is 3. The minimum atomic E-state index is -4.05. The van der Waals surface area contributed by atoms with E-state index >= 15 is 0 Å². The zero-order chi connectivity index (χ0) is 23.9. The summed E-state index contributed by atoms with van der Waals surface area (Å²) in [6.45, 7) is 1.30. The average molecular weight is 497 g/mol. The molecule has 12 nitrogen and oxygen atoms in total. The van der Waals surface area contributed by atoms with Gasteiger partial charge in [0, 0.05) is 12.8 Å². The van der Waals surface area contributed by atoms with Crippen LogP contribution in [0.2, 0.25) is 0 Å². The number of thioether (sulfide) groups is 1. The van der Waals surface area contributed by atoms with E-state index in [0.29, 0.717) is 0 Å². The van der Waals surface area contributed by atoms with Gasteiger partial charge in [0.1, 0.15) is 23.0 Å². The summed E-state index contributed by atoms with van der Waals surface area (Å²) >= 11 is 1.31. The van der Waals surface area contributed by atoms with Crippen molar-refractivity contribution >= 4 is 31.4 Å². The zero-order valence-electron chi connectivity index (χ0n) is 17.9. The first-order chi connectivity index (χ1) is 15.6. The second-order valence-corrected chi connectivity index (χ2v) is 11.2. The first-order valence-electron chi connectivity index (χ1n) is 10.0. The normalized spacial score (nSPS) is 28.4. The van der Waals surface area contributed by atoms with E-state index in [0.717, 1.165) is 0 Å². The van der Waals surface area contributed by atoms with Gasteiger partial charge < -0.3 is 20.1 Å². The van der Waals surface area contributed by atoms with Crippen LogP contribution in [0.3, 0.4) is 0 Å². The Morgan fingerprint density at radius 2 is 2.12 bits per heavy atom. The van der Waals surface area contributed by atoms with Crippen molar-refractivity contribution in [3.05, 3.63) is 47.1 Å². The summed E-state index contributed by atoms with van der Waals surface area (Å²) in [4.78, 5) is 30.9. The number of benzene rings is 1. The third-order valence-corrected chi connectivity index (χ3v) is 8.98. The second kappa shape index (κ2) is 8.73. The number of nitrogens with two attached hydrogens (primary N) is 1. The van der Waals surface area contributed by atoms with E-state index in [-0.39, 0.29) is 31.1 Å². The van der Waals surface area contributed by atoms with Gasteiger partial charge in [-0.25, -0.2) is 14.3 Å². The largest absolute Gasteiger partial charge is 0.468 e. The molecule has 3 atom stereocenters. The van der Waals surface area contributed by atoms with Crippen LogP contribution in [-0.4, -0.2) is 56.2 Å². The summed E-state index contributed by atoms with van der Waals surface area (Å²) in [6, 6.07) is 7.38. The SMILES string of the molecule is COC(=O)[C@H](C)N[P@](=O)(OC[C@H]1SC2(n3cnc(N)nc3=O)CC1(O)C2)Oc1ccccc1. The summed E-state index contributed by atoms with van der Waals surface area (Å²) in [5.74, 6) is -0.502. The number of fused-ring (bicyclic) bond motifs is 1. The van der Waals surface area contributed by atoms with Crippen molar-refractivity contribution in [2.75, 3.05) is 19.5 Å². The highest BCUT2D eigenvalue weighted by atomic mass is 32.2. The molecule has 3 aliphatic rings. The van der Waals surface area contributed by atoms with Crippen LogP contribution >= 0.6 is 19.5 Å². The van der Waals surface area contributed by atoms with Gasteiger partial charge in [-0.1, -0.05) is 18.2 Å². The predicted octanol–water partition coefficient (Wildman–Crippen LogP) is 0.868. The van der Waals surface area contributed by atoms with Gasteiger partial charge in [0.05, 0.1) is 24.6 Å². The van der Waals surface area contributed by atoms with E-state index in [1.54, 1.807) is 30.3 Å². The third-order valence-electron chi connectivity index (χ3n) is 5.56. The van der Waals surface area contributed by atoms with E-state index in [1.807, 2.05) is 0 Å². The molecule has 1 aromatic heterocycles. The molecule has 2 saturated heterocycles. The number of carbonyl (C=O) groups excluding carboxylic acids is 1. The number of nitrogen functional groups attached to an aromatic ring is 1. The standard InChI is InChI=1S/C19H24N5O7PS/c1-12(15(25)29-2)23-32(28,31-13-6-4-3-5-7-13)30-8-14-18(27)9-19(10-18,33-14)24-11-21-16(20)22-17(24)26/h3-7,11-12,14,27H,8-10H2,1-2H3,(H,23,28)(H2,20,22,26)/t12-,14+,18?,19?,32-/m0/s1. The molecule has 3 fully saturated rings. The molecule has 2 aliphatic heterocycles. The van der Waals surface area contributed by atoms with Gasteiger partial charge in [0.25, 0.3) is 0 Å². The quantitative estimate of drug-likeness (QED) is 0.331. The molecule has 0 unspecified atom stereocenters. The molecule has 1 aliphatic carbocycles. The molecule has 1 aromatic carbocycles. The van der Waals surface area contributed by atoms with Gasteiger partial charge in [-0.3, -0.25) is 13.9 Å². The first kappa shape index (κ1) is 23.7. The van der Waals surface area contributed by atoms with Crippen molar-refractivity contribution in [1.82, 2.24) is 19.6 Å². The molecule has 5 rings (SSSR count). The number of para-hydroxylation sites is 1. The lowest BCUT2D eigenvalue weighted by Gasteiger charge is -2.43. The Bertz CT molecular complexity index is 1140. The Morgan fingerprint density at radius 3 is 2.76 bits per heavy atom. The number of aliphatic hydroxyl groups is 1. The van der Waals surface area contributed by atoms with Gasteiger partial charge in [-0.15, -0.1) is 11.8 Å². The molecule has 1 saturated carbocycles. The molecule has 14 heteroatoms. The average Bonchev–Trinajstić information content (AvgIpc) is 3.19. The Balaban J connectivity index is 1.50. The fraction of sp³-hybridized carbons (Fsp3) is 0.474. The summed E-state index contributed by atoms with van der Waals surface area (Å²) in [6.07, 6.45) is 1.84. The van der Waals surface area contributed by atoms with Gasteiger partial charge in [-0.05, 0) is 19.1 Å². The van der Waals surface area contributed by atoms with Gasteiger partial charge in [-0.2, -0.15) is 10.1 Å². The van der Waals surface area contributed by atoms with Crippen LogP contribution in [0.1, 0.15) is 19.8 Å². The van der Waals surface area contributed by atoms with E-state index in [2.05, 4.69) is 19.8 Å². The number of esters is 1. The maximum absolute atomic E-state index is 13.5. The first-order valence-corrected chi connectivity index (χ1v) is 12.5. The Kier molecular flexibility index (Phi) is 6.27. The number of hydrogen-bond acceptors (Lipinski definition) is 11. The van der Waals surface area contributed by atoms with Crippen molar-refractivity contribution in [2.24, 2.45) is 0 Å². The van der Waals surface area contributed by atoms with Crippen molar-refractivity contribution in [1.29, 1.82) is 0 Å². The number of anilines is 1. The predicted molar refractivity (Wildman–Crippen MR) is 119 cm³/mol. The number of nitrogens with one attached hydrogen (secondary N) is 1. The summed E-state index contributed by atoms with van der Waals surface area (Å²) in [5, 5.41) is 13.0. The highest BCUT2D eigenvalue weighted by molar-refractivity contribution is 8.01. The molecule has 0 spiro atoms. The second-order valence-electron chi connectivity index (χ2n) is 7.95. The molecule has 178 valence electrons. The van der Waals surface area contributed by atoms with Crippen LogP contribution in [0.5, 0.6) is 5.75 Å². The Hall–Kier alpha value is -2.44. The van der Waals surface area contributed by atoms with Crippen LogP contribution in [-0.2, 0) is 23.5 Å². The molecular formula is C19H24N5O7PS. The number of carbonyl (C=O) groups is 1. The summed E-state index contributed by atoms with van der Waals surface area (Å²) in [5.41, 5.74) is 3.76. The van der Waals surface area contributed by atoms with Gasteiger partial charge >= 0.3 is 19.4 Å². The van der Waals surface area contributed by atoms with Crippen LogP contribution in [0.25, 0.3) is 0 Å². The fourth-order valence-electron chi connectivity index (χ4n) is 3.98. The topological polar surface area (TPSA) is 168 Å². The molecule has 2 aromatic rings. The number of nitrogens with zero attached hydrogens (tertiary/aromatic N) is 3. The lowest BCUT2D eigenvalue weighted by molar-refractivity contribution is -0.142. The third kappa shape index (κ3) is 4.64. The van der Waals surface area contributed by atoms with Gasteiger partial charge in [0.2, 0.25) is 5.95 Å². The Labute approximate surface area is 193 Å². The van der Waals surface area contributed by atoms with Crippen molar-refractivity contribution in [3.8, 4) is 5.75 Å². The minimum Gasteiger partial charge on any atom is -0.468 e. The molecule has 33 heavy (non-hydrogen) atoms. The van der Waals surface area contributed by atoms with Gasteiger partial charge in [0.15, 0.2) is 0 Å². The molecule has 0 amide bonds. The van der Waals surface area contributed by atoms with E-state index in [1.165, 1.54) is 36.7 Å². The fourth-order valence-corrected chi connectivity index (χ4v) is 7.54. The molecule has 4 N–H and O–H groups in total. The highest BCUT2D eigenvalue weighted by Gasteiger charge is 2.68. The lowest BCUT2D eigenvalue weighted by Crippen LogP contribution is -2.55. The summed E-state index contributed by atoms with van der Waals surface area (Å²) < 4.78 is 30.8. The van der Waals surface area contributed by atoms with E-state index in [4.69, 9.17) is 14.8 Å². The maximum atomic E-state index is 13.5. The lowest BCUT2D eigenvalue weighted by atomic mass is 9.73. The maximum Gasteiger partial charge on any atom is 0.459 e. The van der Waals surface area contributed by atoms with Crippen LogP contribution in [0.4, 0.5) is 5.95 Å². The molecular weight excluding hydrogens is 473 g/mol. The van der Waals surface area contributed by atoms with Crippen LogP contribution in [0.15, 0.2) is 41.5 Å². The Morgan fingerprint density at radius 1 is 1.42 bits per heavy atom.